The topological polar surface area (TPSA) is 172 Å². The summed E-state index contributed by atoms with van der Waals surface area (Å²) in [6.45, 7) is 1.89. The Morgan fingerprint density at radius 2 is 1.57 bits per heavy atom. The molecule has 3 aromatic rings. The third-order valence-corrected chi connectivity index (χ3v) is 6.52. The second-order valence-corrected chi connectivity index (χ2v) is 9.48. The number of para-hydroxylation sites is 1. The van der Waals surface area contributed by atoms with Crippen LogP contribution >= 0.6 is 0 Å². The Morgan fingerprint density at radius 3 is 2.19 bits per heavy atom. The van der Waals surface area contributed by atoms with Crippen LogP contribution in [-0.2, 0) is 14.4 Å². The lowest BCUT2D eigenvalue weighted by atomic mass is 10.0. The third kappa shape index (κ3) is 8.45. The van der Waals surface area contributed by atoms with Crippen molar-refractivity contribution >= 4 is 40.9 Å². The highest BCUT2D eigenvalue weighted by atomic mass is 16.5. The molecule has 3 aromatic carbocycles. The molecule has 0 spiro atoms. The summed E-state index contributed by atoms with van der Waals surface area (Å²) in [4.78, 5) is 51.0. The molecule has 0 aromatic heterocycles. The Hall–Kier alpha value is -5.10. The van der Waals surface area contributed by atoms with Gasteiger partial charge >= 0.3 is 12.0 Å². The van der Waals surface area contributed by atoms with Crippen LogP contribution in [0.25, 0.3) is 0 Å². The van der Waals surface area contributed by atoms with Gasteiger partial charge in [-0.1, -0.05) is 24.3 Å². The highest BCUT2D eigenvalue weighted by Crippen LogP contribution is 2.31. The van der Waals surface area contributed by atoms with E-state index in [1.54, 1.807) is 48.5 Å². The molecule has 0 aliphatic heterocycles. The predicted molar refractivity (Wildman–Crippen MR) is 159 cm³/mol. The molecule has 0 aliphatic rings. The first-order valence-electron chi connectivity index (χ1n) is 13.0. The molecule has 0 radical (unpaired) electrons. The maximum atomic E-state index is 12.9. The number of ether oxygens (including phenoxy) is 2. The van der Waals surface area contributed by atoms with E-state index in [0.29, 0.717) is 34.1 Å². The average molecular weight is 578 g/mol. The number of nitrogens with two attached hydrogens (primary N) is 1. The number of carbonyl (C=O) groups excluding carboxylic acids is 3. The third-order valence-electron chi connectivity index (χ3n) is 6.52. The van der Waals surface area contributed by atoms with Gasteiger partial charge in [-0.3, -0.25) is 14.4 Å². The number of aryl methyl sites for hydroxylation is 1. The van der Waals surface area contributed by atoms with E-state index < -0.39 is 42.3 Å². The van der Waals surface area contributed by atoms with Gasteiger partial charge in [0.05, 0.1) is 39.1 Å². The Bertz CT molecular complexity index is 1430. The summed E-state index contributed by atoms with van der Waals surface area (Å²) in [6.07, 6.45) is -0.738. The molecule has 0 aliphatic carbocycles. The van der Waals surface area contributed by atoms with Gasteiger partial charge in [-0.15, -0.1) is 0 Å². The molecule has 0 bridgehead atoms. The Balaban J connectivity index is 1.59. The zero-order valence-corrected chi connectivity index (χ0v) is 23.8. The maximum absolute atomic E-state index is 12.9. The summed E-state index contributed by atoms with van der Waals surface area (Å²) in [5.74, 6) is -1.44. The van der Waals surface area contributed by atoms with Crippen LogP contribution in [0.5, 0.6) is 11.5 Å². The number of hydrogen-bond acceptors (Lipinski definition) is 7. The maximum Gasteiger partial charge on any atom is 0.323 e. The fourth-order valence-electron chi connectivity index (χ4n) is 4.10. The number of carboxylic acids is 1. The van der Waals surface area contributed by atoms with E-state index in [-0.39, 0.29) is 6.42 Å². The standard InChI is InChI=1S/C30H35N5O7/c1-18-7-5-6-8-23(18)34-30(40)32-20-10-12-21(13-11-20)35(2)27(36)16-22(31)29(39)33-24(17-28(37)38)19-9-14-25(41-3)26(15-19)42-4/h5-15,22,24H,16-17,31H2,1-4H3,(H,33,39)(H,37,38)(H2,32,34,40)/t22-,24?/m1/s1. The van der Waals surface area contributed by atoms with Crippen molar-refractivity contribution in [3.63, 3.8) is 0 Å². The lowest BCUT2D eigenvalue weighted by molar-refractivity contribution is -0.138. The molecule has 42 heavy (non-hydrogen) atoms. The van der Waals surface area contributed by atoms with Crippen molar-refractivity contribution in [1.82, 2.24) is 5.32 Å². The largest absolute Gasteiger partial charge is 0.493 e. The first-order valence-corrected chi connectivity index (χ1v) is 13.0. The van der Waals surface area contributed by atoms with Crippen molar-refractivity contribution in [3.05, 3.63) is 77.9 Å². The highest BCUT2D eigenvalue weighted by Gasteiger charge is 2.25. The first-order chi connectivity index (χ1) is 20.0. The average Bonchev–Trinajstić information content (AvgIpc) is 2.97. The van der Waals surface area contributed by atoms with Crippen LogP contribution < -0.4 is 36.1 Å². The normalized spacial score (nSPS) is 11.9. The number of nitrogens with zero attached hydrogens (tertiary/aromatic N) is 1. The molecule has 0 saturated carbocycles. The van der Waals surface area contributed by atoms with Gasteiger partial charge in [-0.05, 0) is 60.5 Å². The molecule has 0 saturated heterocycles. The number of methoxy groups -OCH3 is 2. The van der Waals surface area contributed by atoms with Gasteiger partial charge in [0.1, 0.15) is 0 Å². The monoisotopic (exact) mass is 577 g/mol. The van der Waals surface area contributed by atoms with Crippen molar-refractivity contribution in [2.45, 2.75) is 31.8 Å². The summed E-state index contributed by atoms with van der Waals surface area (Å²) < 4.78 is 10.5. The van der Waals surface area contributed by atoms with Gasteiger partial charge < -0.3 is 41.2 Å². The number of carboxylic acid groups (broad SMARTS) is 1. The number of anilines is 3. The number of rotatable bonds is 12. The molecule has 4 amide bonds. The van der Waals surface area contributed by atoms with Crippen LogP contribution in [0, 0.1) is 6.92 Å². The molecule has 3 rings (SSSR count). The lowest BCUT2D eigenvalue weighted by Crippen LogP contribution is -2.45. The molecular weight excluding hydrogens is 542 g/mol. The zero-order valence-electron chi connectivity index (χ0n) is 23.8. The van der Waals surface area contributed by atoms with Gasteiger partial charge in [0.2, 0.25) is 11.8 Å². The minimum Gasteiger partial charge on any atom is -0.493 e. The van der Waals surface area contributed by atoms with Crippen molar-refractivity contribution in [3.8, 4) is 11.5 Å². The quantitative estimate of drug-likeness (QED) is 0.217. The van der Waals surface area contributed by atoms with Gasteiger partial charge in [-0.2, -0.15) is 0 Å². The summed E-state index contributed by atoms with van der Waals surface area (Å²) in [6, 6.07) is 16.2. The number of hydrogen-bond donors (Lipinski definition) is 5. The fraction of sp³-hybridized carbons (Fsp3) is 0.267. The minimum atomic E-state index is -1.23. The SMILES string of the molecule is COc1ccc(C(CC(=O)O)NC(=O)[C@H](N)CC(=O)N(C)c2ccc(NC(=O)Nc3ccccc3C)cc2)cc1OC. The molecule has 0 heterocycles. The molecular formula is C30H35N5O7. The van der Waals surface area contributed by atoms with E-state index in [0.717, 1.165) is 5.56 Å². The van der Waals surface area contributed by atoms with E-state index in [4.69, 9.17) is 15.2 Å². The van der Waals surface area contributed by atoms with Gasteiger partial charge in [0, 0.05) is 24.1 Å². The van der Waals surface area contributed by atoms with E-state index in [1.165, 1.54) is 26.2 Å². The van der Waals surface area contributed by atoms with Crippen molar-refractivity contribution in [1.29, 1.82) is 0 Å². The number of nitrogens with one attached hydrogen (secondary N) is 3. The van der Waals surface area contributed by atoms with Gasteiger partial charge in [0.25, 0.3) is 0 Å². The number of urea groups is 1. The van der Waals surface area contributed by atoms with Crippen LogP contribution in [0.2, 0.25) is 0 Å². The van der Waals surface area contributed by atoms with E-state index in [9.17, 15) is 24.3 Å². The van der Waals surface area contributed by atoms with Gasteiger partial charge in [-0.25, -0.2) is 4.79 Å². The number of carbonyl (C=O) groups is 4. The van der Waals surface area contributed by atoms with Crippen LogP contribution in [0.3, 0.4) is 0 Å². The van der Waals surface area contributed by atoms with Crippen LogP contribution in [0.15, 0.2) is 66.7 Å². The van der Waals surface area contributed by atoms with Crippen LogP contribution in [0.4, 0.5) is 21.9 Å². The van der Waals surface area contributed by atoms with Crippen LogP contribution in [0.1, 0.15) is 30.0 Å². The molecule has 0 fully saturated rings. The molecule has 2 atom stereocenters. The second kappa shape index (κ2) is 14.5. The smallest absolute Gasteiger partial charge is 0.323 e. The Kier molecular flexibility index (Phi) is 10.9. The molecule has 12 nitrogen and oxygen atoms in total. The summed E-state index contributed by atoms with van der Waals surface area (Å²) >= 11 is 0. The summed E-state index contributed by atoms with van der Waals surface area (Å²) in [5.41, 5.74) is 9.16. The van der Waals surface area contributed by atoms with Crippen molar-refractivity contribution in [2.75, 3.05) is 36.8 Å². The molecule has 12 heteroatoms. The van der Waals surface area contributed by atoms with E-state index in [1.807, 2.05) is 25.1 Å². The van der Waals surface area contributed by atoms with Crippen molar-refractivity contribution < 1.29 is 33.8 Å². The first kappa shape index (κ1) is 31.4. The number of amides is 4. The second-order valence-electron chi connectivity index (χ2n) is 9.48. The highest BCUT2D eigenvalue weighted by molar-refractivity contribution is 6.01. The number of aliphatic carboxylic acids is 1. The molecule has 6 N–H and O–H groups in total. The Morgan fingerprint density at radius 1 is 0.905 bits per heavy atom. The summed E-state index contributed by atoms with van der Waals surface area (Å²) in [5, 5.41) is 17.5. The fourth-order valence-corrected chi connectivity index (χ4v) is 4.10. The van der Waals surface area contributed by atoms with E-state index >= 15 is 0 Å². The lowest BCUT2D eigenvalue weighted by Gasteiger charge is -2.23. The number of benzene rings is 3. The zero-order chi connectivity index (χ0) is 30.8. The van der Waals surface area contributed by atoms with E-state index in [2.05, 4.69) is 16.0 Å². The summed E-state index contributed by atoms with van der Waals surface area (Å²) in [7, 11) is 4.45. The van der Waals surface area contributed by atoms with Crippen LogP contribution in [-0.4, -0.2) is 56.2 Å². The Labute approximate surface area is 243 Å². The minimum absolute atomic E-state index is 0.326. The molecule has 222 valence electrons. The predicted octanol–water partition coefficient (Wildman–Crippen LogP) is 3.67. The molecule has 1 unspecified atom stereocenters. The van der Waals surface area contributed by atoms with Gasteiger partial charge in [0.15, 0.2) is 11.5 Å². The van der Waals surface area contributed by atoms with Crippen molar-refractivity contribution in [2.24, 2.45) is 5.73 Å².